The van der Waals surface area contributed by atoms with Crippen molar-refractivity contribution in [2.45, 2.75) is 6.18 Å². The number of aromatic amines is 1. The summed E-state index contributed by atoms with van der Waals surface area (Å²) in [6.45, 7) is 0. The first kappa shape index (κ1) is 17.5. The number of aromatic nitrogens is 1. The predicted molar refractivity (Wildman–Crippen MR) is 66.3 cm³/mol. The summed E-state index contributed by atoms with van der Waals surface area (Å²) in [4.78, 5) is 24.8. The number of alkyl halides is 3. The summed E-state index contributed by atoms with van der Waals surface area (Å²) in [5.74, 6) is -10.0. The Hall–Kier alpha value is -2.85. The molecule has 0 saturated carbocycles. The molecular formula is C13H5F7N2O2. The van der Waals surface area contributed by atoms with Crippen molar-refractivity contribution >= 4 is 11.6 Å². The third kappa shape index (κ3) is 3.24. The Morgan fingerprint density at radius 1 is 1.00 bits per heavy atom. The zero-order valence-electron chi connectivity index (χ0n) is 11.2. The number of nitrogens with one attached hydrogen (secondary N) is 2. The number of halogens is 7. The molecule has 4 nitrogen and oxygen atoms in total. The zero-order valence-corrected chi connectivity index (χ0v) is 11.2. The minimum atomic E-state index is -4.86. The summed E-state index contributed by atoms with van der Waals surface area (Å²) in [6, 6.07) is 0.246. The molecule has 0 fully saturated rings. The average Bonchev–Trinajstić information content (AvgIpc) is 2.49. The molecule has 0 radical (unpaired) electrons. The molecule has 1 amide bonds. The molecule has 128 valence electrons. The van der Waals surface area contributed by atoms with Gasteiger partial charge in [-0.05, 0) is 12.1 Å². The van der Waals surface area contributed by atoms with Crippen LogP contribution in [-0.2, 0) is 6.18 Å². The Labute approximate surface area is 127 Å². The number of hydrogen-bond donors (Lipinski definition) is 2. The smallest absolute Gasteiger partial charge is 0.327 e. The highest BCUT2D eigenvalue weighted by Crippen LogP contribution is 2.29. The monoisotopic (exact) mass is 354 g/mol. The molecule has 0 aliphatic rings. The molecule has 2 N–H and O–H groups in total. The maximum atomic E-state index is 13.5. The molecule has 0 aliphatic carbocycles. The van der Waals surface area contributed by atoms with Crippen LogP contribution in [0, 0.1) is 23.3 Å². The van der Waals surface area contributed by atoms with Crippen LogP contribution in [0.15, 0.2) is 23.1 Å². The van der Waals surface area contributed by atoms with E-state index in [0.29, 0.717) is 6.20 Å². The van der Waals surface area contributed by atoms with Crippen LogP contribution < -0.4 is 10.9 Å². The van der Waals surface area contributed by atoms with Crippen molar-refractivity contribution < 1.29 is 35.5 Å². The van der Waals surface area contributed by atoms with Crippen molar-refractivity contribution in [3.05, 3.63) is 63.1 Å². The third-order valence-electron chi connectivity index (χ3n) is 2.83. The van der Waals surface area contributed by atoms with Gasteiger partial charge in [-0.3, -0.25) is 9.59 Å². The molecule has 0 saturated heterocycles. The van der Waals surface area contributed by atoms with E-state index in [-0.39, 0.29) is 12.1 Å². The molecule has 1 aromatic carbocycles. The van der Waals surface area contributed by atoms with Gasteiger partial charge in [0.15, 0.2) is 23.3 Å². The number of hydrogen-bond acceptors (Lipinski definition) is 2. The van der Waals surface area contributed by atoms with Gasteiger partial charge in [-0.25, -0.2) is 17.6 Å². The van der Waals surface area contributed by atoms with Crippen molar-refractivity contribution in [1.29, 1.82) is 0 Å². The number of amides is 1. The van der Waals surface area contributed by atoms with E-state index >= 15 is 0 Å². The van der Waals surface area contributed by atoms with E-state index in [9.17, 15) is 40.3 Å². The SMILES string of the molecule is O=C(Nc1cc(C(F)(F)F)c[nH]c1=O)c1cc(F)c(F)c(F)c1F. The van der Waals surface area contributed by atoms with Crippen LogP contribution in [0.5, 0.6) is 0 Å². The Morgan fingerprint density at radius 3 is 2.21 bits per heavy atom. The van der Waals surface area contributed by atoms with Crippen molar-refractivity contribution in [1.82, 2.24) is 4.98 Å². The minimum absolute atomic E-state index is 0.00484. The zero-order chi connectivity index (χ0) is 18.2. The molecule has 0 spiro atoms. The number of rotatable bonds is 2. The number of carbonyl (C=O) groups excluding carboxylic acids is 1. The van der Waals surface area contributed by atoms with Crippen molar-refractivity contribution in [3.8, 4) is 0 Å². The van der Waals surface area contributed by atoms with E-state index in [1.54, 1.807) is 10.3 Å². The molecule has 11 heteroatoms. The van der Waals surface area contributed by atoms with E-state index < -0.39 is 57.7 Å². The summed E-state index contributed by atoms with van der Waals surface area (Å²) in [7, 11) is 0. The summed E-state index contributed by atoms with van der Waals surface area (Å²) >= 11 is 0. The molecule has 1 aromatic heterocycles. The molecule has 2 aromatic rings. The van der Waals surface area contributed by atoms with E-state index in [1.807, 2.05) is 0 Å². The number of pyridine rings is 1. The Balaban J connectivity index is 2.43. The Bertz CT molecular complexity index is 874. The van der Waals surface area contributed by atoms with E-state index in [2.05, 4.69) is 0 Å². The lowest BCUT2D eigenvalue weighted by molar-refractivity contribution is -0.137. The molecule has 1 heterocycles. The molecule has 0 aliphatic heterocycles. The summed E-state index contributed by atoms with van der Waals surface area (Å²) < 4.78 is 90.0. The van der Waals surface area contributed by atoms with E-state index in [4.69, 9.17) is 0 Å². The normalized spacial score (nSPS) is 11.5. The fourth-order valence-corrected chi connectivity index (χ4v) is 1.67. The molecule has 24 heavy (non-hydrogen) atoms. The van der Waals surface area contributed by atoms with Gasteiger partial charge < -0.3 is 10.3 Å². The van der Waals surface area contributed by atoms with Crippen LogP contribution in [0.2, 0.25) is 0 Å². The Morgan fingerprint density at radius 2 is 1.62 bits per heavy atom. The van der Waals surface area contributed by atoms with Crippen LogP contribution in [0.3, 0.4) is 0 Å². The van der Waals surface area contributed by atoms with Gasteiger partial charge in [0.1, 0.15) is 5.69 Å². The average molecular weight is 354 g/mol. The quantitative estimate of drug-likeness (QED) is 0.494. The lowest BCUT2D eigenvalue weighted by atomic mass is 10.1. The van der Waals surface area contributed by atoms with Crippen molar-refractivity contribution in [2.75, 3.05) is 5.32 Å². The van der Waals surface area contributed by atoms with Crippen LogP contribution in [0.25, 0.3) is 0 Å². The highest BCUT2D eigenvalue weighted by Gasteiger charge is 2.32. The number of benzene rings is 1. The van der Waals surface area contributed by atoms with Gasteiger partial charge in [0.25, 0.3) is 11.5 Å². The largest absolute Gasteiger partial charge is 0.417 e. The van der Waals surface area contributed by atoms with Crippen molar-refractivity contribution in [3.63, 3.8) is 0 Å². The number of carbonyl (C=O) groups is 1. The number of anilines is 1. The second-order valence-corrected chi connectivity index (χ2v) is 4.43. The van der Waals surface area contributed by atoms with Gasteiger partial charge in [-0.15, -0.1) is 0 Å². The van der Waals surface area contributed by atoms with Gasteiger partial charge in [-0.1, -0.05) is 0 Å². The summed E-state index contributed by atoms with van der Waals surface area (Å²) in [6.07, 6.45) is -4.53. The number of H-pyrrole nitrogens is 1. The molecule has 0 bridgehead atoms. The van der Waals surface area contributed by atoms with Crippen LogP contribution in [-0.4, -0.2) is 10.9 Å². The second-order valence-electron chi connectivity index (χ2n) is 4.43. The highest BCUT2D eigenvalue weighted by molar-refractivity contribution is 6.04. The topological polar surface area (TPSA) is 62.0 Å². The van der Waals surface area contributed by atoms with Crippen LogP contribution in [0.1, 0.15) is 15.9 Å². The van der Waals surface area contributed by atoms with Gasteiger partial charge in [0.05, 0.1) is 11.1 Å². The van der Waals surface area contributed by atoms with Crippen LogP contribution >= 0.6 is 0 Å². The summed E-state index contributed by atoms with van der Waals surface area (Å²) in [5.41, 5.74) is -4.79. The molecule has 0 unspecified atom stereocenters. The Kier molecular flexibility index (Phi) is 4.36. The predicted octanol–water partition coefficient (Wildman–Crippen LogP) is 3.20. The second kappa shape index (κ2) is 5.98. The van der Waals surface area contributed by atoms with Gasteiger partial charge in [0.2, 0.25) is 0 Å². The lowest BCUT2D eigenvalue weighted by Crippen LogP contribution is -2.23. The molecule has 2 rings (SSSR count). The van der Waals surface area contributed by atoms with E-state index in [1.165, 1.54) is 0 Å². The van der Waals surface area contributed by atoms with Gasteiger partial charge >= 0.3 is 6.18 Å². The van der Waals surface area contributed by atoms with E-state index in [0.717, 1.165) is 0 Å². The third-order valence-corrected chi connectivity index (χ3v) is 2.83. The standard InChI is InChI=1S/C13H5F7N2O2/c14-6-2-5(8(15)10(17)9(6)16)11(23)22-7-1-4(13(18,19)20)3-21-12(7)24/h1-3H,(H,21,24)(H,22,23). The van der Waals surface area contributed by atoms with Crippen molar-refractivity contribution in [2.24, 2.45) is 0 Å². The van der Waals surface area contributed by atoms with Gasteiger partial charge in [-0.2, -0.15) is 13.2 Å². The fraction of sp³-hybridized carbons (Fsp3) is 0.0769. The first-order chi connectivity index (χ1) is 11.0. The first-order valence-electron chi connectivity index (χ1n) is 5.96. The highest BCUT2D eigenvalue weighted by atomic mass is 19.4. The molecule has 0 atom stereocenters. The summed E-state index contributed by atoms with van der Waals surface area (Å²) in [5, 5.41) is 1.58. The minimum Gasteiger partial charge on any atom is -0.327 e. The molecular weight excluding hydrogens is 349 g/mol. The lowest BCUT2D eigenvalue weighted by Gasteiger charge is -2.10. The van der Waals surface area contributed by atoms with Crippen LogP contribution in [0.4, 0.5) is 36.4 Å². The maximum absolute atomic E-state index is 13.5. The van der Waals surface area contributed by atoms with Gasteiger partial charge in [0, 0.05) is 6.20 Å². The fourth-order valence-electron chi connectivity index (χ4n) is 1.67. The maximum Gasteiger partial charge on any atom is 0.417 e. The first-order valence-corrected chi connectivity index (χ1v) is 5.96.